The van der Waals surface area contributed by atoms with Crippen LogP contribution in [-0.2, 0) is 0 Å². The maximum Gasteiger partial charge on any atom is 0.160 e. The van der Waals surface area contributed by atoms with Gasteiger partial charge in [0.2, 0.25) is 0 Å². The second-order valence-corrected chi connectivity index (χ2v) is 4.51. The normalized spacial score (nSPS) is 11.2. The maximum atomic E-state index is 5.65. The Bertz CT molecular complexity index is 862. The largest absolute Gasteiger partial charge is 0.462 e. The topological polar surface area (TPSA) is 26.0 Å². The van der Waals surface area contributed by atoms with Crippen molar-refractivity contribution in [2.45, 2.75) is 0 Å². The molecule has 4 aromatic rings. The zero-order valence-corrected chi connectivity index (χ0v) is 10.2. The monoisotopic (exact) mass is 245 g/mol. The zero-order valence-electron chi connectivity index (χ0n) is 10.2. The molecule has 0 unspecified atom stereocenters. The lowest BCUT2D eigenvalue weighted by Gasteiger charge is -2.05. The van der Waals surface area contributed by atoms with E-state index in [1.165, 1.54) is 0 Å². The number of pyridine rings is 1. The predicted molar refractivity (Wildman–Crippen MR) is 77.0 cm³/mol. The number of para-hydroxylation sites is 1. The Morgan fingerprint density at radius 2 is 1.53 bits per heavy atom. The van der Waals surface area contributed by atoms with Crippen molar-refractivity contribution in [1.82, 2.24) is 4.98 Å². The zero-order chi connectivity index (χ0) is 12.7. The van der Waals surface area contributed by atoms with E-state index >= 15 is 0 Å². The quantitative estimate of drug-likeness (QED) is 0.488. The number of hydrogen-bond acceptors (Lipinski definition) is 2. The summed E-state index contributed by atoms with van der Waals surface area (Å²) in [5, 5.41) is 2.25. The summed E-state index contributed by atoms with van der Waals surface area (Å²) in [7, 11) is 0. The molecule has 2 aromatic carbocycles. The molecule has 0 spiro atoms. The third kappa shape index (κ3) is 1.54. The highest BCUT2D eigenvalue weighted by Crippen LogP contribution is 2.32. The Morgan fingerprint density at radius 1 is 0.737 bits per heavy atom. The summed E-state index contributed by atoms with van der Waals surface area (Å²) >= 11 is 0. The second kappa shape index (κ2) is 3.95. The van der Waals surface area contributed by atoms with E-state index in [4.69, 9.17) is 9.40 Å². The van der Waals surface area contributed by atoms with Crippen LogP contribution in [-0.4, -0.2) is 4.98 Å². The molecular formula is C17H11NO. The van der Waals surface area contributed by atoms with Gasteiger partial charge in [0.05, 0.1) is 11.8 Å². The molecule has 2 aromatic heterocycles. The first-order valence-corrected chi connectivity index (χ1v) is 6.25. The minimum absolute atomic E-state index is 0.852. The Labute approximate surface area is 110 Å². The molecule has 0 amide bonds. The van der Waals surface area contributed by atoms with Gasteiger partial charge in [0.1, 0.15) is 5.69 Å². The molecule has 0 aliphatic heterocycles. The number of nitrogens with zero attached hydrogens (tertiary/aromatic N) is 1. The number of rotatable bonds is 1. The Kier molecular flexibility index (Phi) is 2.15. The van der Waals surface area contributed by atoms with E-state index in [-0.39, 0.29) is 0 Å². The molecule has 0 aliphatic rings. The fourth-order valence-corrected chi connectivity index (χ4v) is 2.47. The first-order chi connectivity index (χ1) is 9.43. The highest BCUT2D eigenvalue weighted by molar-refractivity contribution is 6.08. The van der Waals surface area contributed by atoms with Gasteiger partial charge in [-0.3, -0.25) is 0 Å². The van der Waals surface area contributed by atoms with Crippen LogP contribution < -0.4 is 0 Å². The van der Waals surface area contributed by atoms with E-state index in [0.29, 0.717) is 0 Å². The van der Waals surface area contributed by atoms with E-state index in [9.17, 15) is 0 Å². The van der Waals surface area contributed by atoms with Crippen LogP contribution in [0.3, 0.4) is 0 Å². The van der Waals surface area contributed by atoms with Gasteiger partial charge in [-0.05, 0) is 12.1 Å². The van der Waals surface area contributed by atoms with Gasteiger partial charge in [0.25, 0.3) is 0 Å². The van der Waals surface area contributed by atoms with Crippen molar-refractivity contribution >= 4 is 21.9 Å². The van der Waals surface area contributed by atoms with Gasteiger partial charge >= 0.3 is 0 Å². The summed E-state index contributed by atoms with van der Waals surface area (Å²) in [5.41, 5.74) is 3.83. The van der Waals surface area contributed by atoms with E-state index in [1.54, 1.807) is 6.26 Å². The molecule has 90 valence electrons. The molecule has 0 radical (unpaired) electrons. The molecule has 0 saturated heterocycles. The van der Waals surface area contributed by atoms with Crippen molar-refractivity contribution in [1.29, 1.82) is 0 Å². The Hall–Kier alpha value is -2.61. The molecule has 2 heterocycles. The summed E-state index contributed by atoms with van der Waals surface area (Å²) in [6.07, 6.45) is 1.73. The van der Waals surface area contributed by atoms with Crippen LogP contribution in [0, 0.1) is 0 Å². The third-order valence-corrected chi connectivity index (χ3v) is 3.35. The fraction of sp³-hybridized carbons (Fsp3) is 0. The molecule has 0 N–H and O–H groups in total. The van der Waals surface area contributed by atoms with Crippen molar-refractivity contribution in [2.24, 2.45) is 0 Å². The van der Waals surface area contributed by atoms with E-state index < -0.39 is 0 Å². The lowest BCUT2D eigenvalue weighted by Crippen LogP contribution is -1.86. The molecule has 2 heteroatoms. The molecular weight excluding hydrogens is 234 g/mol. The molecule has 2 nitrogen and oxygen atoms in total. The minimum atomic E-state index is 0.852. The summed E-state index contributed by atoms with van der Waals surface area (Å²) in [6, 6.07) is 20.3. The lowest BCUT2D eigenvalue weighted by atomic mass is 10.1. The molecule has 0 atom stereocenters. The molecule has 4 rings (SSSR count). The van der Waals surface area contributed by atoms with E-state index in [0.717, 1.165) is 33.1 Å². The number of hydrogen-bond donors (Lipinski definition) is 0. The van der Waals surface area contributed by atoms with Crippen LogP contribution in [0.5, 0.6) is 0 Å². The van der Waals surface area contributed by atoms with E-state index in [1.807, 2.05) is 42.5 Å². The maximum absolute atomic E-state index is 5.65. The van der Waals surface area contributed by atoms with Gasteiger partial charge in [-0.25, -0.2) is 4.98 Å². The van der Waals surface area contributed by atoms with Gasteiger partial charge in [0.15, 0.2) is 5.58 Å². The summed E-state index contributed by atoms with van der Waals surface area (Å²) in [4.78, 5) is 4.75. The van der Waals surface area contributed by atoms with Gasteiger partial charge < -0.3 is 4.42 Å². The van der Waals surface area contributed by atoms with Gasteiger partial charge in [-0.2, -0.15) is 0 Å². The van der Waals surface area contributed by atoms with Crippen LogP contribution in [0.25, 0.3) is 33.1 Å². The van der Waals surface area contributed by atoms with Crippen LogP contribution in [0.2, 0.25) is 0 Å². The van der Waals surface area contributed by atoms with E-state index in [2.05, 4.69) is 18.2 Å². The van der Waals surface area contributed by atoms with Gasteiger partial charge in [0, 0.05) is 16.3 Å². The van der Waals surface area contributed by atoms with Crippen LogP contribution >= 0.6 is 0 Å². The standard InChI is InChI=1S/C17H11NO/c1-2-6-12(7-3-1)16-17-14(10-11-19-17)13-8-4-5-9-15(13)18-16/h1-11H. The van der Waals surface area contributed by atoms with Crippen LogP contribution in [0.15, 0.2) is 71.3 Å². The van der Waals surface area contributed by atoms with Crippen molar-refractivity contribution < 1.29 is 4.42 Å². The van der Waals surface area contributed by atoms with Gasteiger partial charge in [-0.1, -0.05) is 48.5 Å². The predicted octanol–water partition coefficient (Wildman–Crippen LogP) is 4.65. The summed E-state index contributed by atoms with van der Waals surface area (Å²) in [6.45, 7) is 0. The molecule has 0 saturated carbocycles. The fourth-order valence-electron chi connectivity index (χ4n) is 2.47. The molecule has 0 aliphatic carbocycles. The SMILES string of the molecule is c1ccc(-c2nc3ccccc3c3ccoc23)cc1. The first-order valence-electron chi connectivity index (χ1n) is 6.25. The number of benzene rings is 2. The average Bonchev–Trinajstić information content (AvgIpc) is 2.97. The van der Waals surface area contributed by atoms with Crippen molar-refractivity contribution in [3.63, 3.8) is 0 Å². The average molecular weight is 245 g/mol. The summed E-state index contributed by atoms with van der Waals surface area (Å²) < 4.78 is 5.65. The Balaban J connectivity index is 2.17. The van der Waals surface area contributed by atoms with Crippen molar-refractivity contribution in [2.75, 3.05) is 0 Å². The number of furan rings is 1. The minimum Gasteiger partial charge on any atom is -0.462 e. The smallest absolute Gasteiger partial charge is 0.160 e. The molecule has 0 fully saturated rings. The lowest BCUT2D eigenvalue weighted by molar-refractivity contribution is 0.616. The van der Waals surface area contributed by atoms with Crippen molar-refractivity contribution in [3.05, 3.63) is 66.9 Å². The number of aromatic nitrogens is 1. The number of fused-ring (bicyclic) bond motifs is 3. The van der Waals surface area contributed by atoms with Gasteiger partial charge in [-0.15, -0.1) is 0 Å². The first kappa shape index (κ1) is 10.3. The molecule has 19 heavy (non-hydrogen) atoms. The highest BCUT2D eigenvalue weighted by Gasteiger charge is 2.12. The van der Waals surface area contributed by atoms with Crippen LogP contribution in [0.1, 0.15) is 0 Å². The third-order valence-electron chi connectivity index (χ3n) is 3.35. The molecule has 0 bridgehead atoms. The summed E-state index contributed by atoms with van der Waals surface area (Å²) in [5.74, 6) is 0. The van der Waals surface area contributed by atoms with Crippen LogP contribution in [0.4, 0.5) is 0 Å². The van der Waals surface area contributed by atoms with Crippen molar-refractivity contribution in [3.8, 4) is 11.3 Å². The Morgan fingerprint density at radius 3 is 2.42 bits per heavy atom. The highest BCUT2D eigenvalue weighted by atomic mass is 16.3. The second-order valence-electron chi connectivity index (χ2n) is 4.51.